The Labute approximate surface area is 188 Å². The summed E-state index contributed by atoms with van der Waals surface area (Å²) >= 11 is 0. The number of pyridine rings is 1. The van der Waals surface area contributed by atoms with E-state index in [1.807, 2.05) is 43.5 Å². The van der Waals surface area contributed by atoms with Crippen LogP contribution in [0.4, 0.5) is 5.69 Å². The van der Waals surface area contributed by atoms with Gasteiger partial charge in [-0.1, -0.05) is 12.1 Å². The summed E-state index contributed by atoms with van der Waals surface area (Å²) in [6.45, 7) is 8.25. The van der Waals surface area contributed by atoms with E-state index in [0.717, 1.165) is 22.6 Å². The Morgan fingerprint density at radius 3 is 2.66 bits per heavy atom. The average Bonchev–Trinajstić information content (AvgIpc) is 3.07. The smallest absolute Gasteiger partial charge is 0.303 e. The van der Waals surface area contributed by atoms with E-state index in [1.165, 1.54) is 29.2 Å². The maximum Gasteiger partial charge on any atom is 0.303 e. The fourth-order valence-electron chi connectivity index (χ4n) is 4.21. The van der Waals surface area contributed by atoms with Crippen LogP contribution in [-0.4, -0.2) is 24.2 Å². The van der Waals surface area contributed by atoms with Crippen LogP contribution in [0.5, 0.6) is 11.6 Å². The Balaban J connectivity index is 1.53. The number of hydrogen-bond acceptors (Lipinski definition) is 6. The predicted octanol–water partition coefficient (Wildman–Crippen LogP) is 5.37. The second-order valence-electron chi connectivity index (χ2n) is 8.09. The Kier molecular flexibility index (Phi) is 6.04. The van der Waals surface area contributed by atoms with Crippen LogP contribution in [0.1, 0.15) is 42.2 Å². The maximum atomic E-state index is 11.4. The minimum Gasteiger partial charge on any atom is -0.486 e. The van der Waals surface area contributed by atoms with Crippen molar-refractivity contribution < 1.29 is 19.0 Å². The molecule has 0 amide bonds. The first-order chi connectivity index (χ1) is 15.4. The predicted molar refractivity (Wildman–Crippen MR) is 124 cm³/mol. The van der Waals surface area contributed by atoms with Crippen LogP contribution < -0.4 is 14.8 Å². The number of hydrogen-bond donors (Lipinski definition) is 1. The molecule has 3 aromatic rings. The van der Waals surface area contributed by atoms with E-state index < -0.39 is 0 Å². The van der Waals surface area contributed by atoms with E-state index in [4.69, 9.17) is 14.2 Å². The standard InChI is InChI=1S/C26H28N2O4/c1-15-6-7-19(16(2)25(15)20-8-11-24(30-5)28-14-20)13-27-21-9-10-22-23(12-21)31-17(3)26(22)32-18(4)29/h6-12,14,17,26-27H,13H2,1-5H3/t17?,26-/m1/s1. The molecule has 166 valence electrons. The van der Waals surface area contributed by atoms with Gasteiger partial charge in [0, 0.05) is 48.6 Å². The van der Waals surface area contributed by atoms with Gasteiger partial charge >= 0.3 is 5.97 Å². The number of fused-ring (bicyclic) bond motifs is 1. The first-order valence-electron chi connectivity index (χ1n) is 10.7. The third-order valence-corrected chi connectivity index (χ3v) is 5.85. The molecule has 4 rings (SSSR count). The number of carbonyl (C=O) groups is 1. The van der Waals surface area contributed by atoms with Gasteiger partial charge in [0.1, 0.15) is 11.9 Å². The van der Waals surface area contributed by atoms with Gasteiger partial charge in [0.05, 0.1) is 7.11 Å². The van der Waals surface area contributed by atoms with E-state index in [2.05, 4.69) is 36.3 Å². The van der Waals surface area contributed by atoms with Crippen LogP contribution in [0.25, 0.3) is 11.1 Å². The molecule has 1 aliphatic rings. The number of rotatable bonds is 6. The molecule has 32 heavy (non-hydrogen) atoms. The topological polar surface area (TPSA) is 69.7 Å². The highest BCUT2D eigenvalue weighted by atomic mass is 16.6. The average molecular weight is 433 g/mol. The summed E-state index contributed by atoms with van der Waals surface area (Å²) < 4.78 is 16.5. The molecule has 0 fully saturated rings. The van der Waals surface area contributed by atoms with E-state index >= 15 is 0 Å². The highest BCUT2D eigenvalue weighted by molar-refractivity contribution is 5.72. The molecular weight excluding hydrogens is 404 g/mol. The Morgan fingerprint density at radius 2 is 1.97 bits per heavy atom. The summed E-state index contributed by atoms with van der Waals surface area (Å²) in [5.41, 5.74) is 7.73. The number of methoxy groups -OCH3 is 1. The monoisotopic (exact) mass is 432 g/mol. The first kappa shape index (κ1) is 21.7. The van der Waals surface area contributed by atoms with E-state index in [0.29, 0.717) is 12.4 Å². The molecule has 1 N–H and O–H groups in total. The zero-order valence-corrected chi connectivity index (χ0v) is 19.1. The third kappa shape index (κ3) is 4.26. The summed E-state index contributed by atoms with van der Waals surface area (Å²) in [5.74, 6) is 1.04. The quantitative estimate of drug-likeness (QED) is 0.528. The maximum absolute atomic E-state index is 11.4. The number of ether oxygens (including phenoxy) is 3. The molecule has 1 unspecified atom stereocenters. The van der Waals surface area contributed by atoms with Crippen molar-refractivity contribution in [3.05, 3.63) is 70.9 Å². The molecule has 6 heteroatoms. The summed E-state index contributed by atoms with van der Waals surface area (Å²) in [4.78, 5) is 15.8. The van der Waals surface area contributed by atoms with Crippen molar-refractivity contribution in [3.8, 4) is 22.8 Å². The minimum atomic E-state index is -0.364. The number of carbonyl (C=O) groups excluding carboxylic acids is 1. The van der Waals surface area contributed by atoms with Gasteiger partial charge in [-0.2, -0.15) is 0 Å². The van der Waals surface area contributed by atoms with Gasteiger partial charge in [-0.25, -0.2) is 4.98 Å². The molecule has 1 aromatic heterocycles. The summed E-state index contributed by atoms with van der Waals surface area (Å²) in [5, 5.41) is 3.49. The summed E-state index contributed by atoms with van der Waals surface area (Å²) in [6.07, 6.45) is 1.28. The molecule has 0 bridgehead atoms. The lowest BCUT2D eigenvalue weighted by molar-refractivity contribution is -0.149. The minimum absolute atomic E-state index is 0.204. The van der Waals surface area contributed by atoms with Crippen molar-refractivity contribution in [2.45, 2.75) is 46.4 Å². The van der Waals surface area contributed by atoms with Gasteiger partial charge in [-0.3, -0.25) is 4.79 Å². The zero-order valence-electron chi connectivity index (χ0n) is 19.1. The lowest BCUT2D eigenvalue weighted by Gasteiger charge is -2.16. The molecule has 0 saturated heterocycles. The van der Waals surface area contributed by atoms with E-state index in [9.17, 15) is 4.79 Å². The van der Waals surface area contributed by atoms with Crippen molar-refractivity contribution in [1.29, 1.82) is 0 Å². The van der Waals surface area contributed by atoms with Gasteiger partial charge in [-0.15, -0.1) is 0 Å². The molecule has 0 aliphatic carbocycles. The Hall–Kier alpha value is -3.54. The largest absolute Gasteiger partial charge is 0.486 e. The molecule has 2 heterocycles. The van der Waals surface area contributed by atoms with Gasteiger partial charge in [0.2, 0.25) is 5.88 Å². The lowest BCUT2D eigenvalue weighted by atomic mass is 9.93. The molecule has 1 aliphatic heterocycles. The van der Waals surface area contributed by atoms with Gasteiger partial charge in [-0.05, 0) is 61.2 Å². The number of esters is 1. The second kappa shape index (κ2) is 8.91. The van der Waals surface area contributed by atoms with E-state index in [1.54, 1.807) is 7.11 Å². The highest BCUT2D eigenvalue weighted by Gasteiger charge is 2.33. The van der Waals surface area contributed by atoms with Crippen molar-refractivity contribution in [3.63, 3.8) is 0 Å². The van der Waals surface area contributed by atoms with Crippen LogP contribution in [0.3, 0.4) is 0 Å². The number of nitrogens with one attached hydrogen (secondary N) is 1. The number of benzene rings is 2. The molecular formula is C26H28N2O4. The third-order valence-electron chi connectivity index (χ3n) is 5.85. The fourth-order valence-corrected chi connectivity index (χ4v) is 4.21. The second-order valence-corrected chi connectivity index (χ2v) is 8.09. The van der Waals surface area contributed by atoms with Crippen molar-refractivity contribution in [2.24, 2.45) is 0 Å². The van der Waals surface area contributed by atoms with Crippen LogP contribution in [0, 0.1) is 13.8 Å². The highest BCUT2D eigenvalue weighted by Crippen LogP contribution is 2.40. The Bertz CT molecular complexity index is 1140. The molecule has 6 nitrogen and oxygen atoms in total. The van der Waals surface area contributed by atoms with E-state index in [-0.39, 0.29) is 18.2 Å². The van der Waals surface area contributed by atoms with Gasteiger partial charge in [0.25, 0.3) is 0 Å². The number of anilines is 1. The number of nitrogens with zero attached hydrogens (tertiary/aromatic N) is 1. The van der Waals surface area contributed by atoms with Crippen molar-refractivity contribution in [1.82, 2.24) is 4.98 Å². The van der Waals surface area contributed by atoms with Crippen molar-refractivity contribution in [2.75, 3.05) is 12.4 Å². The van der Waals surface area contributed by atoms with Gasteiger partial charge in [0.15, 0.2) is 6.10 Å². The molecule has 0 spiro atoms. The first-order valence-corrected chi connectivity index (χ1v) is 10.7. The van der Waals surface area contributed by atoms with Crippen molar-refractivity contribution >= 4 is 11.7 Å². The zero-order chi connectivity index (χ0) is 22.8. The van der Waals surface area contributed by atoms with Crippen LogP contribution >= 0.6 is 0 Å². The van der Waals surface area contributed by atoms with Gasteiger partial charge < -0.3 is 19.5 Å². The normalized spacial score (nSPS) is 16.8. The van der Waals surface area contributed by atoms with Crippen LogP contribution in [-0.2, 0) is 16.1 Å². The Morgan fingerprint density at radius 1 is 1.16 bits per heavy atom. The molecule has 2 aromatic carbocycles. The van der Waals surface area contributed by atoms with Crippen LogP contribution in [0.2, 0.25) is 0 Å². The molecule has 0 radical (unpaired) electrons. The molecule has 0 saturated carbocycles. The fraction of sp³-hybridized carbons (Fsp3) is 0.308. The lowest BCUT2D eigenvalue weighted by Crippen LogP contribution is -2.18. The van der Waals surface area contributed by atoms with Crippen LogP contribution in [0.15, 0.2) is 48.7 Å². The summed E-state index contributed by atoms with van der Waals surface area (Å²) in [7, 11) is 1.62. The summed E-state index contributed by atoms with van der Waals surface area (Å²) in [6, 6.07) is 14.1. The number of aromatic nitrogens is 1. The number of aryl methyl sites for hydroxylation is 1. The molecule has 2 atom stereocenters. The SMILES string of the molecule is COc1ccc(-c2c(C)ccc(CNc3ccc4c(c3)OC(C)[C@H]4OC(C)=O)c2C)cn1.